The Morgan fingerprint density at radius 2 is 1.75 bits per heavy atom. The van der Waals surface area contributed by atoms with E-state index in [1.807, 2.05) is 19.9 Å². The van der Waals surface area contributed by atoms with Crippen LogP contribution < -0.4 is 10.5 Å². The van der Waals surface area contributed by atoms with Crippen molar-refractivity contribution in [2.24, 2.45) is 5.73 Å². The predicted octanol–water partition coefficient (Wildman–Crippen LogP) is 3.23. The van der Waals surface area contributed by atoms with Crippen LogP contribution >= 0.6 is 0 Å². The molecule has 0 saturated carbocycles. The Kier molecular flexibility index (Phi) is 4.36. The van der Waals surface area contributed by atoms with Crippen LogP contribution in [0.25, 0.3) is 0 Å². The van der Waals surface area contributed by atoms with Gasteiger partial charge in [-0.2, -0.15) is 0 Å². The molecule has 0 radical (unpaired) electrons. The second kappa shape index (κ2) is 5.35. The van der Waals surface area contributed by atoms with Gasteiger partial charge in [0.25, 0.3) is 0 Å². The van der Waals surface area contributed by atoms with Gasteiger partial charge in [0, 0.05) is 6.04 Å². The first-order chi connectivity index (χ1) is 7.41. The summed E-state index contributed by atoms with van der Waals surface area (Å²) in [6, 6.07) is 6.31. The van der Waals surface area contributed by atoms with E-state index >= 15 is 0 Å². The molecule has 1 aromatic carbocycles. The Bertz CT molecular complexity index is 345. The van der Waals surface area contributed by atoms with E-state index in [1.54, 1.807) is 0 Å². The summed E-state index contributed by atoms with van der Waals surface area (Å²) >= 11 is 0. The van der Waals surface area contributed by atoms with Crippen molar-refractivity contribution >= 4 is 0 Å². The highest BCUT2D eigenvalue weighted by molar-refractivity contribution is 5.36. The van der Waals surface area contributed by atoms with Crippen LogP contribution in [0.15, 0.2) is 18.2 Å². The zero-order chi connectivity index (χ0) is 12.3. The van der Waals surface area contributed by atoms with Crippen molar-refractivity contribution in [3.05, 3.63) is 29.3 Å². The zero-order valence-corrected chi connectivity index (χ0v) is 10.9. The minimum atomic E-state index is 0.0456. The zero-order valence-electron chi connectivity index (χ0n) is 10.9. The summed E-state index contributed by atoms with van der Waals surface area (Å²) in [5.74, 6) is 1.46. The Labute approximate surface area is 98.8 Å². The third-order valence-corrected chi connectivity index (χ3v) is 2.93. The van der Waals surface area contributed by atoms with Crippen molar-refractivity contribution in [1.29, 1.82) is 0 Å². The van der Waals surface area contributed by atoms with Gasteiger partial charge in [-0.05, 0) is 49.9 Å². The maximum absolute atomic E-state index is 5.77. The first-order valence-corrected chi connectivity index (χ1v) is 5.94. The third kappa shape index (κ3) is 3.24. The Hall–Kier alpha value is -1.02. The molecule has 0 bridgehead atoms. The van der Waals surface area contributed by atoms with Crippen LogP contribution in [0.1, 0.15) is 44.7 Å². The van der Waals surface area contributed by atoms with Gasteiger partial charge in [0.15, 0.2) is 0 Å². The summed E-state index contributed by atoms with van der Waals surface area (Å²) in [7, 11) is 0. The molecule has 0 fully saturated rings. The molecule has 0 amide bonds. The lowest BCUT2D eigenvalue weighted by atomic mass is 9.98. The van der Waals surface area contributed by atoms with Crippen LogP contribution in [0, 0.1) is 6.92 Å². The number of rotatable bonds is 4. The Morgan fingerprint density at radius 3 is 2.19 bits per heavy atom. The molecule has 2 atom stereocenters. The van der Waals surface area contributed by atoms with Gasteiger partial charge in [0.2, 0.25) is 0 Å². The lowest BCUT2D eigenvalue weighted by Crippen LogP contribution is -2.33. The maximum atomic E-state index is 5.77. The van der Waals surface area contributed by atoms with Gasteiger partial charge in [-0.15, -0.1) is 0 Å². The van der Waals surface area contributed by atoms with Gasteiger partial charge in [0.1, 0.15) is 11.9 Å². The quantitative estimate of drug-likeness (QED) is 0.847. The van der Waals surface area contributed by atoms with Gasteiger partial charge < -0.3 is 10.5 Å². The molecule has 2 heteroatoms. The molecule has 2 nitrogen and oxygen atoms in total. The van der Waals surface area contributed by atoms with Crippen molar-refractivity contribution in [2.45, 2.75) is 52.7 Å². The molecule has 2 unspecified atom stereocenters. The van der Waals surface area contributed by atoms with Crippen molar-refractivity contribution in [2.75, 3.05) is 0 Å². The van der Waals surface area contributed by atoms with Crippen molar-refractivity contribution in [3.63, 3.8) is 0 Å². The second-order valence-corrected chi connectivity index (χ2v) is 4.86. The highest BCUT2D eigenvalue weighted by atomic mass is 16.5. The number of ether oxygens (including phenoxy) is 1. The summed E-state index contributed by atoms with van der Waals surface area (Å²) in [6.45, 7) is 10.5. The average Bonchev–Trinajstić information content (AvgIpc) is 2.16. The lowest BCUT2D eigenvalue weighted by molar-refractivity contribution is 0.196. The Balaban J connectivity index is 2.81. The number of aryl methyl sites for hydroxylation is 1. The van der Waals surface area contributed by atoms with E-state index in [4.69, 9.17) is 10.5 Å². The third-order valence-electron chi connectivity index (χ3n) is 2.93. The smallest absolute Gasteiger partial charge is 0.120 e. The standard InChI is InChI=1S/C14H23NO/c1-9(2)14-7-6-13(8-10(14)3)16-12(5)11(4)15/h6-9,11-12H,15H2,1-5H3. The molecule has 0 aliphatic rings. The highest BCUT2D eigenvalue weighted by Gasteiger charge is 2.10. The fourth-order valence-corrected chi connectivity index (χ4v) is 1.69. The van der Waals surface area contributed by atoms with Crippen LogP contribution in [0.2, 0.25) is 0 Å². The largest absolute Gasteiger partial charge is 0.489 e. The molecule has 1 rings (SSSR count). The molecular weight excluding hydrogens is 198 g/mol. The first kappa shape index (κ1) is 13.0. The normalized spacial score (nSPS) is 14.9. The number of benzene rings is 1. The molecule has 0 saturated heterocycles. The van der Waals surface area contributed by atoms with Gasteiger partial charge in [-0.1, -0.05) is 19.9 Å². The molecule has 0 heterocycles. The maximum Gasteiger partial charge on any atom is 0.120 e. The van der Waals surface area contributed by atoms with Crippen LogP contribution in [-0.4, -0.2) is 12.1 Å². The topological polar surface area (TPSA) is 35.2 Å². The molecule has 0 aliphatic carbocycles. The SMILES string of the molecule is Cc1cc(OC(C)C(C)N)ccc1C(C)C. The van der Waals surface area contributed by atoms with Crippen molar-refractivity contribution < 1.29 is 4.74 Å². The average molecular weight is 221 g/mol. The predicted molar refractivity (Wildman–Crippen MR) is 69.0 cm³/mol. The Morgan fingerprint density at radius 1 is 1.12 bits per heavy atom. The minimum Gasteiger partial charge on any atom is -0.489 e. The van der Waals surface area contributed by atoms with Crippen LogP contribution in [0.4, 0.5) is 0 Å². The van der Waals surface area contributed by atoms with E-state index < -0.39 is 0 Å². The van der Waals surface area contributed by atoms with Crippen LogP contribution in [-0.2, 0) is 0 Å². The number of hydrogen-bond donors (Lipinski definition) is 1. The summed E-state index contributed by atoms with van der Waals surface area (Å²) in [5, 5.41) is 0. The van der Waals surface area contributed by atoms with E-state index in [9.17, 15) is 0 Å². The minimum absolute atomic E-state index is 0.0456. The van der Waals surface area contributed by atoms with Gasteiger partial charge >= 0.3 is 0 Å². The summed E-state index contributed by atoms with van der Waals surface area (Å²) in [5.41, 5.74) is 8.43. The molecule has 0 aliphatic heterocycles. The molecule has 16 heavy (non-hydrogen) atoms. The molecular formula is C14H23NO. The van der Waals surface area contributed by atoms with Crippen LogP contribution in [0.5, 0.6) is 5.75 Å². The van der Waals surface area contributed by atoms with E-state index in [-0.39, 0.29) is 12.1 Å². The van der Waals surface area contributed by atoms with E-state index in [2.05, 4.69) is 32.9 Å². The van der Waals surface area contributed by atoms with E-state index in [1.165, 1.54) is 11.1 Å². The van der Waals surface area contributed by atoms with Crippen molar-refractivity contribution in [1.82, 2.24) is 0 Å². The van der Waals surface area contributed by atoms with Gasteiger partial charge in [-0.3, -0.25) is 0 Å². The van der Waals surface area contributed by atoms with Crippen LogP contribution in [0.3, 0.4) is 0 Å². The molecule has 90 valence electrons. The van der Waals surface area contributed by atoms with Gasteiger partial charge in [0.05, 0.1) is 0 Å². The molecule has 0 spiro atoms. The first-order valence-electron chi connectivity index (χ1n) is 5.94. The van der Waals surface area contributed by atoms with Gasteiger partial charge in [-0.25, -0.2) is 0 Å². The summed E-state index contributed by atoms with van der Waals surface area (Å²) < 4.78 is 5.77. The lowest BCUT2D eigenvalue weighted by Gasteiger charge is -2.19. The fraction of sp³-hybridized carbons (Fsp3) is 0.571. The molecule has 2 N–H and O–H groups in total. The van der Waals surface area contributed by atoms with Crippen molar-refractivity contribution in [3.8, 4) is 5.75 Å². The molecule has 1 aromatic rings. The van der Waals surface area contributed by atoms with E-state index in [0.717, 1.165) is 5.75 Å². The number of hydrogen-bond acceptors (Lipinski definition) is 2. The number of nitrogens with two attached hydrogens (primary N) is 1. The fourth-order valence-electron chi connectivity index (χ4n) is 1.69. The van der Waals surface area contributed by atoms with E-state index in [0.29, 0.717) is 5.92 Å². The monoisotopic (exact) mass is 221 g/mol. The highest BCUT2D eigenvalue weighted by Crippen LogP contribution is 2.24. The summed E-state index contributed by atoms with van der Waals surface area (Å²) in [6.07, 6.45) is 0.0456. The second-order valence-electron chi connectivity index (χ2n) is 4.86. The summed E-state index contributed by atoms with van der Waals surface area (Å²) in [4.78, 5) is 0. The molecule has 0 aromatic heterocycles.